The lowest BCUT2D eigenvalue weighted by atomic mass is 9.55. The Morgan fingerprint density at radius 1 is 0.535 bits per heavy atom. The Hall–Kier alpha value is 0.217. The molecule has 12 unspecified atom stereocenters. The molecule has 0 bridgehead atoms. The van der Waals surface area contributed by atoms with Crippen LogP contribution >= 0.6 is 0 Å². The molecule has 0 aromatic heterocycles. The van der Waals surface area contributed by atoms with E-state index in [0.717, 1.165) is 87.6 Å². The number of hydrogen-bond donors (Lipinski definition) is 0. The van der Waals surface area contributed by atoms with Crippen LogP contribution < -0.4 is 0 Å². The highest BCUT2D eigenvalue weighted by atomic mass is 28.3. The lowest BCUT2D eigenvalue weighted by molar-refractivity contribution is -0.000640. The topological polar surface area (TPSA) is 0 Å². The molecule has 5 aliphatic carbocycles. The lowest BCUT2D eigenvalue weighted by Gasteiger charge is -2.55. The Bertz CT molecular complexity index is 878. The molecule has 250 valence electrons. The van der Waals surface area contributed by atoms with E-state index in [1.165, 1.54) is 38.5 Å². The molecule has 12 atom stereocenters. The second-order valence-electron chi connectivity index (χ2n) is 20.8. The van der Waals surface area contributed by atoms with Gasteiger partial charge in [-0.05, 0) is 131 Å². The summed E-state index contributed by atoms with van der Waals surface area (Å²) < 4.78 is 0. The quantitative estimate of drug-likeness (QED) is 0.272. The number of rotatable bonds is 5. The monoisotopic (exact) mass is 611 g/mol. The van der Waals surface area contributed by atoms with Gasteiger partial charge in [0, 0.05) is 0 Å². The third-order valence-corrected chi connectivity index (χ3v) is 24.0. The SMILES string of the molecule is CC(C)C1CC2C(C3CC(C(C)(C)C)CC(C(C)(C)C)C3)CCCC2C1[Si](C)(C1CCCCC1)C1C(C)C(C)C(C)C1C. The van der Waals surface area contributed by atoms with E-state index in [1.807, 2.05) is 0 Å². The molecule has 0 amide bonds. The van der Waals surface area contributed by atoms with Crippen molar-refractivity contribution in [3.8, 4) is 0 Å². The van der Waals surface area contributed by atoms with Crippen LogP contribution in [-0.4, -0.2) is 8.07 Å². The van der Waals surface area contributed by atoms with Crippen molar-refractivity contribution in [2.45, 2.75) is 183 Å². The molecule has 43 heavy (non-hydrogen) atoms. The van der Waals surface area contributed by atoms with Gasteiger partial charge in [0.15, 0.2) is 0 Å². The Morgan fingerprint density at radius 3 is 1.53 bits per heavy atom. The summed E-state index contributed by atoms with van der Waals surface area (Å²) in [5, 5.41) is 0. The Kier molecular flexibility index (Phi) is 10.2. The van der Waals surface area contributed by atoms with Gasteiger partial charge in [-0.25, -0.2) is 0 Å². The van der Waals surface area contributed by atoms with Gasteiger partial charge in [0.2, 0.25) is 0 Å². The zero-order valence-electron chi connectivity index (χ0n) is 31.6. The first-order chi connectivity index (χ1) is 20.0. The highest BCUT2D eigenvalue weighted by molar-refractivity contribution is 6.83. The highest BCUT2D eigenvalue weighted by Gasteiger charge is 2.64. The van der Waals surface area contributed by atoms with Crippen molar-refractivity contribution in [2.24, 2.45) is 81.8 Å². The Labute approximate surface area is 272 Å². The van der Waals surface area contributed by atoms with Crippen molar-refractivity contribution in [2.75, 3.05) is 0 Å². The van der Waals surface area contributed by atoms with Gasteiger partial charge in [0.1, 0.15) is 0 Å². The minimum Gasteiger partial charge on any atom is -0.0685 e. The molecule has 5 rings (SSSR count). The number of hydrogen-bond acceptors (Lipinski definition) is 0. The fourth-order valence-corrected chi connectivity index (χ4v) is 22.8. The van der Waals surface area contributed by atoms with Crippen molar-refractivity contribution in [3.63, 3.8) is 0 Å². The smallest absolute Gasteiger partial charge is 0.0609 e. The molecule has 0 heterocycles. The average Bonchev–Trinajstić information content (AvgIpc) is 3.44. The molecule has 0 nitrogen and oxygen atoms in total. The minimum absolute atomic E-state index is 0.448. The molecule has 0 aromatic rings. The largest absolute Gasteiger partial charge is 0.0685 e. The van der Waals surface area contributed by atoms with Crippen molar-refractivity contribution in [1.82, 2.24) is 0 Å². The molecule has 0 spiro atoms. The maximum absolute atomic E-state index is 3.09. The summed E-state index contributed by atoms with van der Waals surface area (Å²) in [4.78, 5) is 0. The molecule has 5 fully saturated rings. The summed E-state index contributed by atoms with van der Waals surface area (Å²) >= 11 is 0. The van der Waals surface area contributed by atoms with Crippen LogP contribution in [0.4, 0.5) is 0 Å². The first-order valence-corrected chi connectivity index (χ1v) is 22.7. The van der Waals surface area contributed by atoms with Crippen LogP contribution in [0.2, 0.25) is 23.2 Å². The van der Waals surface area contributed by atoms with Crippen LogP contribution in [0.5, 0.6) is 0 Å². The standard InChI is InChI=1S/C42H78Si/c1-26(2)37-25-38-35(31-22-32(41(7,8)9)24-33(23-31)42(10,11)12)20-17-21-36(38)40(37)43(13,34-18-15-14-16-19-34)39-29(5)27(3)28(4)30(39)6/h26-40H,14-25H2,1-13H3. The highest BCUT2D eigenvalue weighted by Crippen LogP contribution is 2.70. The van der Waals surface area contributed by atoms with Crippen molar-refractivity contribution in [1.29, 1.82) is 0 Å². The van der Waals surface area contributed by atoms with Crippen molar-refractivity contribution >= 4 is 8.07 Å². The summed E-state index contributed by atoms with van der Waals surface area (Å²) in [5.74, 6) is 11.5. The van der Waals surface area contributed by atoms with E-state index in [4.69, 9.17) is 0 Å². The number of fused-ring (bicyclic) bond motifs is 1. The van der Waals surface area contributed by atoms with Crippen LogP contribution in [0.3, 0.4) is 0 Å². The van der Waals surface area contributed by atoms with Gasteiger partial charge < -0.3 is 0 Å². The average molecular weight is 611 g/mol. The maximum atomic E-state index is 3.09. The first-order valence-electron chi connectivity index (χ1n) is 20.0. The van der Waals surface area contributed by atoms with Crippen molar-refractivity contribution in [3.05, 3.63) is 0 Å². The molecule has 0 saturated heterocycles. The maximum Gasteiger partial charge on any atom is 0.0609 e. The molecule has 0 aromatic carbocycles. The molecular weight excluding hydrogens is 533 g/mol. The Morgan fingerprint density at radius 2 is 1.05 bits per heavy atom. The fraction of sp³-hybridized carbons (Fsp3) is 1.00. The van der Waals surface area contributed by atoms with Crippen molar-refractivity contribution < 1.29 is 0 Å². The second-order valence-corrected chi connectivity index (χ2v) is 25.7. The van der Waals surface area contributed by atoms with Gasteiger partial charge in [-0.15, -0.1) is 0 Å². The first kappa shape index (κ1) is 34.5. The molecule has 5 saturated carbocycles. The van der Waals surface area contributed by atoms with Crippen LogP contribution in [0.15, 0.2) is 0 Å². The van der Waals surface area contributed by atoms with Crippen LogP contribution in [-0.2, 0) is 0 Å². The lowest BCUT2D eigenvalue weighted by Crippen LogP contribution is -2.53. The molecule has 0 N–H and O–H groups in total. The van der Waals surface area contributed by atoms with E-state index >= 15 is 0 Å². The third-order valence-electron chi connectivity index (χ3n) is 16.8. The van der Waals surface area contributed by atoms with Crippen LogP contribution in [0.1, 0.15) is 160 Å². The second kappa shape index (κ2) is 12.7. The Balaban J connectivity index is 1.53. The van der Waals surface area contributed by atoms with E-state index in [1.54, 1.807) is 38.5 Å². The van der Waals surface area contributed by atoms with Gasteiger partial charge >= 0.3 is 0 Å². The van der Waals surface area contributed by atoms with Gasteiger partial charge in [-0.2, -0.15) is 0 Å². The van der Waals surface area contributed by atoms with Gasteiger partial charge in [0.05, 0.1) is 8.07 Å². The van der Waals surface area contributed by atoms with E-state index in [-0.39, 0.29) is 0 Å². The fourth-order valence-electron chi connectivity index (χ4n) is 13.9. The summed E-state index contributed by atoms with van der Waals surface area (Å²) in [5.41, 5.74) is 4.14. The molecule has 5 aliphatic rings. The zero-order valence-corrected chi connectivity index (χ0v) is 32.6. The van der Waals surface area contributed by atoms with Gasteiger partial charge in [-0.3, -0.25) is 0 Å². The predicted octanol–water partition coefficient (Wildman–Crippen LogP) is 13.5. The summed E-state index contributed by atoms with van der Waals surface area (Å²) in [7, 11) is -1.59. The van der Waals surface area contributed by atoms with E-state index in [9.17, 15) is 0 Å². The molecule has 0 radical (unpaired) electrons. The van der Waals surface area contributed by atoms with Crippen LogP contribution in [0, 0.1) is 81.8 Å². The molecule has 0 aliphatic heterocycles. The predicted molar refractivity (Wildman–Crippen MR) is 193 cm³/mol. The summed E-state index contributed by atoms with van der Waals surface area (Å²) in [6.45, 7) is 34.6. The van der Waals surface area contributed by atoms with E-state index < -0.39 is 8.07 Å². The summed E-state index contributed by atoms with van der Waals surface area (Å²) in [6.07, 6.45) is 18.6. The van der Waals surface area contributed by atoms with Gasteiger partial charge in [0.25, 0.3) is 0 Å². The molecular formula is C42H78Si. The summed E-state index contributed by atoms with van der Waals surface area (Å²) in [6, 6.07) is 0. The minimum atomic E-state index is -1.59. The van der Waals surface area contributed by atoms with Gasteiger partial charge in [-0.1, -0.05) is 135 Å². The van der Waals surface area contributed by atoms with Crippen LogP contribution in [0.25, 0.3) is 0 Å². The zero-order chi connectivity index (χ0) is 31.6. The third kappa shape index (κ3) is 6.29. The van der Waals surface area contributed by atoms with E-state index in [0.29, 0.717) is 10.8 Å². The normalized spacial score (nSPS) is 46.6. The van der Waals surface area contributed by atoms with E-state index in [2.05, 4.69) is 89.6 Å². The molecule has 1 heteroatoms.